The van der Waals surface area contributed by atoms with Gasteiger partial charge in [0.1, 0.15) is 5.75 Å². The van der Waals surface area contributed by atoms with Crippen molar-refractivity contribution in [3.8, 4) is 23.0 Å². The number of rotatable bonds is 5. The van der Waals surface area contributed by atoms with E-state index in [1.807, 2.05) is 0 Å². The van der Waals surface area contributed by atoms with Gasteiger partial charge < -0.3 is 19.0 Å². The second-order valence-electron chi connectivity index (χ2n) is 5.86. The van der Waals surface area contributed by atoms with Crippen LogP contribution < -0.4 is 19.0 Å². The molecule has 2 rings (SSSR count). The molecule has 1 saturated heterocycles. The molecule has 165 valence electrons. The van der Waals surface area contributed by atoms with Gasteiger partial charge in [-0.25, -0.2) is 0 Å². The molecular weight excluding hydrogens is 429 g/mol. The van der Waals surface area contributed by atoms with E-state index in [0.717, 1.165) is 5.06 Å². The molecule has 0 bridgehead atoms. The highest BCUT2D eigenvalue weighted by molar-refractivity contribution is 5.56. The van der Waals surface area contributed by atoms with Crippen molar-refractivity contribution < 1.29 is 58.6 Å². The zero-order valence-electron chi connectivity index (χ0n) is 14.2. The third-order valence-corrected chi connectivity index (χ3v) is 3.47. The Morgan fingerprint density at radius 3 is 1.55 bits per heavy atom. The van der Waals surface area contributed by atoms with Crippen LogP contribution in [0.1, 0.15) is 12.8 Å². The molecule has 1 aromatic carbocycles. The van der Waals surface area contributed by atoms with E-state index in [0.29, 0.717) is 12.8 Å². The first-order valence-corrected chi connectivity index (χ1v) is 7.82. The van der Waals surface area contributed by atoms with Crippen LogP contribution in [0.3, 0.4) is 0 Å². The SMILES string of the molecule is [CH2]C1CCN(Oc2c(OC(F)(F)F)cc(OC(F)(F)F)cc2OC(F)(F)F)CC1. The molecule has 0 aliphatic carbocycles. The van der Waals surface area contributed by atoms with Crippen LogP contribution in [0, 0.1) is 12.8 Å². The third kappa shape index (κ3) is 7.95. The Morgan fingerprint density at radius 1 is 0.759 bits per heavy atom. The van der Waals surface area contributed by atoms with Crippen LogP contribution in [0.25, 0.3) is 0 Å². The standard InChI is InChI=1S/C15H13F9NO4/c1-8-2-4-25(5-3-8)29-12-10(27-14(19,20)21)6-9(26-13(16,17)18)7-11(12)28-15(22,23)24/h6-8H,1-5H2. The highest BCUT2D eigenvalue weighted by Gasteiger charge is 2.39. The van der Waals surface area contributed by atoms with Crippen molar-refractivity contribution in [2.45, 2.75) is 31.9 Å². The summed E-state index contributed by atoms with van der Waals surface area (Å²) in [5.41, 5.74) is 0. The number of hydrogen-bond donors (Lipinski definition) is 0. The van der Waals surface area contributed by atoms with Gasteiger partial charge in [0.05, 0.1) is 0 Å². The van der Waals surface area contributed by atoms with E-state index in [9.17, 15) is 39.5 Å². The van der Waals surface area contributed by atoms with Gasteiger partial charge in [0.15, 0.2) is 11.5 Å². The molecule has 0 atom stereocenters. The Labute approximate surface area is 157 Å². The Hall–Kier alpha value is -2.25. The van der Waals surface area contributed by atoms with Crippen LogP contribution in [0.5, 0.6) is 23.0 Å². The second-order valence-corrected chi connectivity index (χ2v) is 5.86. The number of hydroxylamine groups is 2. The monoisotopic (exact) mass is 442 g/mol. The molecule has 0 saturated carbocycles. The molecule has 0 N–H and O–H groups in total. The van der Waals surface area contributed by atoms with Crippen molar-refractivity contribution >= 4 is 0 Å². The normalized spacial score (nSPS) is 17.2. The smallest absolute Gasteiger partial charge is 0.406 e. The van der Waals surface area contributed by atoms with Gasteiger partial charge in [0, 0.05) is 25.2 Å². The second kappa shape index (κ2) is 8.24. The van der Waals surface area contributed by atoms with E-state index in [2.05, 4.69) is 21.1 Å². The first kappa shape index (κ1) is 23.0. The molecule has 14 heteroatoms. The minimum atomic E-state index is -5.45. The quantitative estimate of drug-likeness (QED) is 0.585. The highest BCUT2D eigenvalue weighted by Crippen LogP contribution is 2.46. The Morgan fingerprint density at radius 2 is 1.17 bits per heavy atom. The molecule has 29 heavy (non-hydrogen) atoms. The molecule has 1 aromatic rings. The fourth-order valence-corrected chi connectivity index (χ4v) is 2.37. The average Bonchev–Trinajstić information content (AvgIpc) is 2.47. The van der Waals surface area contributed by atoms with Gasteiger partial charge in [0.25, 0.3) is 0 Å². The van der Waals surface area contributed by atoms with Gasteiger partial charge >= 0.3 is 19.1 Å². The number of alkyl halides is 9. The van der Waals surface area contributed by atoms with Crippen LogP contribution >= 0.6 is 0 Å². The molecule has 0 unspecified atom stereocenters. The molecule has 1 heterocycles. The maximum Gasteiger partial charge on any atom is 0.573 e. The van der Waals surface area contributed by atoms with Gasteiger partial charge in [0.2, 0.25) is 5.75 Å². The van der Waals surface area contributed by atoms with E-state index in [1.54, 1.807) is 0 Å². The lowest BCUT2D eigenvalue weighted by Crippen LogP contribution is -2.36. The third-order valence-electron chi connectivity index (χ3n) is 3.47. The predicted molar refractivity (Wildman–Crippen MR) is 76.8 cm³/mol. The van der Waals surface area contributed by atoms with Crippen LogP contribution in [-0.4, -0.2) is 37.2 Å². The minimum Gasteiger partial charge on any atom is -0.406 e. The van der Waals surface area contributed by atoms with Gasteiger partial charge in [-0.2, -0.15) is 0 Å². The summed E-state index contributed by atoms with van der Waals surface area (Å²) in [6.07, 6.45) is -15.5. The van der Waals surface area contributed by atoms with Crippen molar-refractivity contribution in [1.82, 2.24) is 5.06 Å². The van der Waals surface area contributed by atoms with Gasteiger partial charge in [-0.15, -0.1) is 44.6 Å². The average molecular weight is 442 g/mol. The number of benzene rings is 1. The minimum absolute atomic E-state index is 0.00537. The first-order chi connectivity index (χ1) is 13.1. The number of nitrogens with zero attached hydrogens (tertiary/aromatic N) is 1. The topological polar surface area (TPSA) is 40.2 Å². The van der Waals surface area contributed by atoms with Gasteiger partial charge in [-0.05, 0) is 18.8 Å². The van der Waals surface area contributed by atoms with Crippen LogP contribution in [0.15, 0.2) is 12.1 Å². The number of ether oxygens (including phenoxy) is 3. The van der Waals surface area contributed by atoms with Crippen LogP contribution in [0.2, 0.25) is 0 Å². The molecule has 1 radical (unpaired) electrons. The molecule has 1 aliphatic rings. The summed E-state index contributed by atoms with van der Waals surface area (Å²) in [7, 11) is 0. The van der Waals surface area contributed by atoms with Crippen molar-refractivity contribution in [1.29, 1.82) is 0 Å². The molecule has 0 amide bonds. The van der Waals surface area contributed by atoms with E-state index in [4.69, 9.17) is 4.84 Å². The zero-order chi connectivity index (χ0) is 22.0. The lowest BCUT2D eigenvalue weighted by Gasteiger charge is -2.30. The summed E-state index contributed by atoms with van der Waals surface area (Å²) in [4.78, 5) is 5.06. The van der Waals surface area contributed by atoms with Gasteiger partial charge in [-0.3, -0.25) is 0 Å². The number of hydrogen-bond acceptors (Lipinski definition) is 5. The largest absolute Gasteiger partial charge is 0.573 e. The van der Waals surface area contributed by atoms with Crippen LogP contribution in [-0.2, 0) is 0 Å². The zero-order valence-corrected chi connectivity index (χ0v) is 14.2. The Bertz CT molecular complexity index is 657. The van der Waals surface area contributed by atoms with Crippen molar-refractivity contribution in [3.63, 3.8) is 0 Å². The summed E-state index contributed by atoms with van der Waals surface area (Å²) < 4.78 is 124. The van der Waals surface area contributed by atoms with E-state index in [1.165, 1.54) is 0 Å². The molecule has 1 aliphatic heterocycles. The summed E-state index contributed by atoms with van der Waals surface area (Å²) in [6.45, 7) is 3.94. The van der Waals surface area contributed by atoms with Crippen molar-refractivity contribution in [3.05, 3.63) is 19.1 Å². The lowest BCUT2D eigenvalue weighted by molar-refractivity contribution is -0.280. The summed E-state index contributed by atoms with van der Waals surface area (Å²) in [5.74, 6) is -5.66. The van der Waals surface area contributed by atoms with Crippen molar-refractivity contribution in [2.75, 3.05) is 13.1 Å². The Balaban J connectivity index is 2.48. The van der Waals surface area contributed by atoms with E-state index < -0.39 is 42.1 Å². The Kier molecular flexibility index (Phi) is 6.55. The molecule has 0 spiro atoms. The summed E-state index contributed by atoms with van der Waals surface area (Å²) in [5, 5.41) is 1.02. The molecule has 1 fully saturated rings. The fraction of sp³-hybridized carbons (Fsp3) is 0.533. The number of halogens is 9. The molecule has 0 aromatic heterocycles. The maximum atomic E-state index is 12.7. The van der Waals surface area contributed by atoms with E-state index >= 15 is 0 Å². The highest BCUT2D eigenvalue weighted by atomic mass is 19.4. The molecular formula is C15H13F9NO4. The lowest BCUT2D eigenvalue weighted by atomic mass is 10.0. The maximum absolute atomic E-state index is 12.7. The van der Waals surface area contributed by atoms with Crippen molar-refractivity contribution in [2.24, 2.45) is 5.92 Å². The fourth-order valence-electron chi connectivity index (χ4n) is 2.37. The van der Waals surface area contributed by atoms with E-state index in [-0.39, 0.29) is 31.1 Å². The van der Waals surface area contributed by atoms with Gasteiger partial charge in [-0.1, -0.05) is 6.92 Å². The summed E-state index contributed by atoms with van der Waals surface area (Å²) in [6, 6.07) is 0.182. The molecule has 5 nitrogen and oxygen atoms in total. The predicted octanol–water partition coefficient (Wildman–Crippen LogP) is 5.22. The number of piperidine rings is 1. The first-order valence-electron chi connectivity index (χ1n) is 7.82. The van der Waals surface area contributed by atoms with Crippen LogP contribution in [0.4, 0.5) is 39.5 Å². The summed E-state index contributed by atoms with van der Waals surface area (Å²) >= 11 is 0.